The van der Waals surface area contributed by atoms with Crippen LogP contribution in [0.1, 0.15) is 17.9 Å². The summed E-state index contributed by atoms with van der Waals surface area (Å²) in [5, 5.41) is 12.9. The number of hydrogen-bond donors (Lipinski definition) is 2. The number of aromatic hydroxyl groups is 1. The van der Waals surface area contributed by atoms with E-state index >= 15 is 0 Å². The Labute approximate surface area is 90.7 Å². The molecule has 3 nitrogen and oxygen atoms in total. The number of benzene rings is 1. The zero-order valence-corrected chi connectivity index (χ0v) is 9.33. The van der Waals surface area contributed by atoms with E-state index in [4.69, 9.17) is 0 Å². The molecule has 82 valence electrons. The second-order valence-electron chi connectivity index (χ2n) is 4.41. The monoisotopic (exact) mass is 206 g/mol. The molecule has 0 saturated carbocycles. The van der Waals surface area contributed by atoms with Gasteiger partial charge < -0.3 is 15.3 Å². The van der Waals surface area contributed by atoms with Crippen molar-refractivity contribution in [2.24, 2.45) is 0 Å². The molecule has 1 heterocycles. The maximum absolute atomic E-state index is 9.65. The Balaban J connectivity index is 2.11. The van der Waals surface area contributed by atoms with Crippen LogP contribution in [0.5, 0.6) is 5.75 Å². The number of phenols is 1. The lowest BCUT2D eigenvalue weighted by molar-refractivity contribution is 0.386. The van der Waals surface area contributed by atoms with Crippen LogP contribution in [0.2, 0.25) is 0 Å². The van der Waals surface area contributed by atoms with E-state index in [9.17, 15) is 5.11 Å². The van der Waals surface area contributed by atoms with Crippen molar-refractivity contribution in [3.63, 3.8) is 0 Å². The summed E-state index contributed by atoms with van der Waals surface area (Å²) in [6.07, 6.45) is 1.14. The maximum atomic E-state index is 9.65. The molecule has 0 unspecified atom stereocenters. The molecule has 0 aliphatic carbocycles. The van der Waals surface area contributed by atoms with E-state index in [-0.39, 0.29) is 0 Å². The number of fused-ring (bicyclic) bond motifs is 1. The number of hydrogen-bond acceptors (Lipinski definition) is 3. The number of anilines is 1. The molecule has 0 saturated heterocycles. The van der Waals surface area contributed by atoms with Crippen molar-refractivity contribution in [3.05, 3.63) is 23.8 Å². The molecule has 1 aromatic rings. The standard InChI is InChI=1S/C12H18N2O/c1-14(2)7-6-9-8-13-12-10(9)4-3-5-11(12)15/h3-5,9,13,15H,6-8H2,1-2H3/t9-/m0/s1. The molecular formula is C12H18N2O. The van der Waals surface area contributed by atoms with Gasteiger partial charge in [0, 0.05) is 12.5 Å². The van der Waals surface area contributed by atoms with Crippen LogP contribution in [0.4, 0.5) is 5.69 Å². The maximum Gasteiger partial charge on any atom is 0.138 e. The number of nitrogens with one attached hydrogen (secondary N) is 1. The number of para-hydroxylation sites is 1. The van der Waals surface area contributed by atoms with Crippen molar-refractivity contribution < 1.29 is 5.11 Å². The van der Waals surface area contributed by atoms with Gasteiger partial charge in [-0.1, -0.05) is 12.1 Å². The zero-order chi connectivity index (χ0) is 10.8. The fraction of sp³-hybridized carbons (Fsp3) is 0.500. The molecule has 2 N–H and O–H groups in total. The molecule has 0 amide bonds. The smallest absolute Gasteiger partial charge is 0.138 e. The van der Waals surface area contributed by atoms with Crippen LogP contribution in [0.15, 0.2) is 18.2 Å². The minimum Gasteiger partial charge on any atom is -0.506 e. The van der Waals surface area contributed by atoms with E-state index in [1.807, 2.05) is 6.07 Å². The van der Waals surface area contributed by atoms with Crippen LogP contribution < -0.4 is 5.32 Å². The van der Waals surface area contributed by atoms with Gasteiger partial charge in [-0.05, 0) is 38.7 Å². The molecule has 2 rings (SSSR count). The first-order chi connectivity index (χ1) is 7.18. The van der Waals surface area contributed by atoms with Gasteiger partial charge in [0.25, 0.3) is 0 Å². The molecule has 0 radical (unpaired) electrons. The third-order valence-electron chi connectivity index (χ3n) is 2.96. The normalized spacial score (nSPS) is 19.0. The Morgan fingerprint density at radius 2 is 2.27 bits per heavy atom. The Hall–Kier alpha value is -1.22. The summed E-state index contributed by atoms with van der Waals surface area (Å²) >= 11 is 0. The van der Waals surface area contributed by atoms with E-state index in [2.05, 4.69) is 30.4 Å². The van der Waals surface area contributed by atoms with Gasteiger partial charge in [-0.3, -0.25) is 0 Å². The first kappa shape index (κ1) is 10.3. The summed E-state index contributed by atoms with van der Waals surface area (Å²) in [6, 6.07) is 5.76. The van der Waals surface area contributed by atoms with Crippen LogP contribution in [0, 0.1) is 0 Å². The lowest BCUT2D eigenvalue weighted by Gasteiger charge is -2.14. The van der Waals surface area contributed by atoms with Crippen molar-refractivity contribution in [1.82, 2.24) is 4.90 Å². The fourth-order valence-electron chi connectivity index (χ4n) is 2.10. The third-order valence-corrected chi connectivity index (χ3v) is 2.96. The molecule has 1 aliphatic heterocycles. The van der Waals surface area contributed by atoms with Crippen molar-refractivity contribution in [2.75, 3.05) is 32.5 Å². The van der Waals surface area contributed by atoms with Gasteiger partial charge in [0.05, 0.1) is 5.69 Å². The summed E-state index contributed by atoms with van der Waals surface area (Å²) in [5.74, 6) is 0.911. The van der Waals surface area contributed by atoms with Gasteiger partial charge in [-0.25, -0.2) is 0 Å². The lowest BCUT2D eigenvalue weighted by atomic mass is 9.97. The van der Waals surface area contributed by atoms with Crippen LogP contribution in [0.3, 0.4) is 0 Å². The second kappa shape index (κ2) is 4.11. The molecular weight excluding hydrogens is 188 g/mol. The molecule has 1 atom stereocenters. The average Bonchev–Trinajstić information content (AvgIpc) is 2.59. The SMILES string of the molecule is CN(C)CC[C@H]1CNc2c(O)cccc21. The number of phenolic OH excluding ortho intramolecular Hbond substituents is 1. The first-order valence-electron chi connectivity index (χ1n) is 5.39. The third kappa shape index (κ3) is 2.07. The molecule has 1 aromatic carbocycles. The van der Waals surface area contributed by atoms with Crippen LogP contribution >= 0.6 is 0 Å². The van der Waals surface area contributed by atoms with E-state index in [1.54, 1.807) is 6.07 Å². The fourth-order valence-corrected chi connectivity index (χ4v) is 2.10. The highest BCUT2D eigenvalue weighted by molar-refractivity contribution is 5.66. The van der Waals surface area contributed by atoms with Gasteiger partial charge in [0.15, 0.2) is 0 Å². The minimum absolute atomic E-state index is 0.375. The lowest BCUT2D eigenvalue weighted by Crippen LogP contribution is -2.16. The van der Waals surface area contributed by atoms with E-state index in [0.717, 1.165) is 25.2 Å². The van der Waals surface area contributed by atoms with Crippen molar-refractivity contribution in [3.8, 4) is 5.75 Å². The van der Waals surface area contributed by atoms with Crippen LogP contribution in [-0.2, 0) is 0 Å². The average molecular weight is 206 g/mol. The van der Waals surface area contributed by atoms with Gasteiger partial charge >= 0.3 is 0 Å². The highest BCUT2D eigenvalue weighted by Crippen LogP contribution is 2.39. The highest BCUT2D eigenvalue weighted by Gasteiger charge is 2.23. The Bertz CT molecular complexity index is 349. The summed E-state index contributed by atoms with van der Waals surface area (Å²) < 4.78 is 0. The summed E-state index contributed by atoms with van der Waals surface area (Å²) in [6.45, 7) is 2.03. The number of rotatable bonds is 3. The summed E-state index contributed by atoms with van der Waals surface area (Å²) in [7, 11) is 4.18. The predicted octanol–water partition coefficient (Wildman–Crippen LogP) is 1.85. The first-order valence-corrected chi connectivity index (χ1v) is 5.39. The number of nitrogens with zero attached hydrogens (tertiary/aromatic N) is 1. The Morgan fingerprint density at radius 3 is 3.00 bits per heavy atom. The summed E-state index contributed by atoms with van der Waals surface area (Å²) in [4.78, 5) is 2.20. The molecule has 1 aliphatic rings. The van der Waals surface area contributed by atoms with Crippen molar-refractivity contribution >= 4 is 5.69 Å². The van der Waals surface area contributed by atoms with Crippen molar-refractivity contribution in [1.29, 1.82) is 0 Å². The molecule has 0 fully saturated rings. The second-order valence-corrected chi connectivity index (χ2v) is 4.41. The van der Waals surface area contributed by atoms with Gasteiger partial charge in [-0.2, -0.15) is 0 Å². The van der Waals surface area contributed by atoms with Crippen molar-refractivity contribution in [2.45, 2.75) is 12.3 Å². The molecule has 3 heteroatoms. The van der Waals surface area contributed by atoms with E-state index in [1.165, 1.54) is 5.56 Å². The predicted molar refractivity (Wildman–Crippen MR) is 62.5 cm³/mol. The highest BCUT2D eigenvalue weighted by atomic mass is 16.3. The minimum atomic E-state index is 0.375. The van der Waals surface area contributed by atoms with E-state index in [0.29, 0.717) is 11.7 Å². The summed E-state index contributed by atoms with van der Waals surface area (Å²) in [5.41, 5.74) is 2.19. The topological polar surface area (TPSA) is 35.5 Å². The quantitative estimate of drug-likeness (QED) is 0.741. The van der Waals surface area contributed by atoms with Gasteiger partial charge in [0.1, 0.15) is 5.75 Å². The van der Waals surface area contributed by atoms with Gasteiger partial charge in [-0.15, -0.1) is 0 Å². The molecule has 15 heavy (non-hydrogen) atoms. The van der Waals surface area contributed by atoms with Crippen LogP contribution in [-0.4, -0.2) is 37.2 Å². The Morgan fingerprint density at radius 1 is 1.47 bits per heavy atom. The Kier molecular flexibility index (Phi) is 2.82. The zero-order valence-electron chi connectivity index (χ0n) is 9.33. The molecule has 0 aromatic heterocycles. The van der Waals surface area contributed by atoms with Crippen LogP contribution in [0.25, 0.3) is 0 Å². The largest absolute Gasteiger partial charge is 0.506 e. The molecule has 0 spiro atoms. The van der Waals surface area contributed by atoms with E-state index < -0.39 is 0 Å². The molecule has 0 bridgehead atoms. The van der Waals surface area contributed by atoms with Gasteiger partial charge in [0.2, 0.25) is 0 Å².